The minimum Gasteiger partial charge on any atom is -0.379 e. The highest BCUT2D eigenvalue weighted by atomic mass is 16.2. The zero-order chi connectivity index (χ0) is 17.9. The molecule has 1 N–H and O–H groups in total. The normalized spacial score (nSPS) is 12.7. The van der Waals surface area contributed by atoms with Gasteiger partial charge in [-0.1, -0.05) is 36.4 Å². The second-order valence-corrected chi connectivity index (χ2v) is 6.58. The molecule has 0 saturated heterocycles. The summed E-state index contributed by atoms with van der Waals surface area (Å²) in [6.45, 7) is 3.99. The molecule has 0 unspecified atom stereocenters. The van der Waals surface area contributed by atoms with E-state index < -0.39 is 0 Å². The van der Waals surface area contributed by atoms with Gasteiger partial charge in [-0.2, -0.15) is 0 Å². The fourth-order valence-corrected chi connectivity index (χ4v) is 3.39. The average molecular weight is 343 g/mol. The molecule has 0 atom stereocenters. The number of nitrogens with one attached hydrogen (secondary N) is 1. The first-order valence-electron chi connectivity index (χ1n) is 8.82. The predicted molar refractivity (Wildman–Crippen MR) is 103 cm³/mol. The van der Waals surface area contributed by atoms with Crippen LogP contribution in [0.15, 0.2) is 66.9 Å². The zero-order valence-corrected chi connectivity index (χ0v) is 14.8. The van der Waals surface area contributed by atoms with Crippen LogP contribution in [0.5, 0.6) is 0 Å². The summed E-state index contributed by atoms with van der Waals surface area (Å²) in [7, 11) is 0. The van der Waals surface area contributed by atoms with Crippen LogP contribution in [0.2, 0.25) is 0 Å². The molecule has 2 heterocycles. The molecule has 1 aromatic heterocycles. The van der Waals surface area contributed by atoms with Gasteiger partial charge in [0.05, 0.1) is 12.2 Å². The number of hydrogen-bond donors (Lipinski definition) is 1. The van der Waals surface area contributed by atoms with Crippen molar-refractivity contribution in [2.24, 2.45) is 0 Å². The lowest BCUT2D eigenvalue weighted by Gasteiger charge is -2.19. The van der Waals surface area contributed by atoms with Crippen molar-refractivity contribution in [1.82, 2.24) is 9.88 Å². The smallest absolute Gasteiger partial charge is 0.254 e. The van der Waals surface area contributed by atoms with Gasteiger partial charge in [0.15, 0.2) is 0 Å². The van der Waals surface area contributed by atoms with E-state index in [-0.39, 0.29) is 5.91 Å². The van der Waals surface area contributed by atoms with Crippen LogP contribution in [0, 0.1) is 6.92 Å². The molecule has 0 bridgehead atoms. The Balaban J connectivity index is 1.51. The second kappa shape index (κ2) is 7.00. The number of aromatic nitrogens is 1. The molecule has 1 aliphatic rings. The third-order valence-electron chi connectivity index (χ3n) is 4.88. The molecule has 130 valence electrons. The monoisotopic (exact) mass is 343 g/mol. The lowest BCUT2D eigenvalue weighted by molar-refractivity contribution is 0.0750. The quantitative estimate of drug-likeness (QED) is 0.774. The summed E-state index contributed by atoms with van der Waals surface area (Å²) in [5.41, 5.74) is 6.15. The van der Waals surface area contributed by atoms with Crippen molar-refractivity contribution >= 4 is 11.6 Å². The molecule has 0 fully saturated rings. The van der Waals surface area contributed by atoms with Crippen LogP contribution in [-0.2, 0) is 19.6 Å². The van der Waals surface area contributed by atoms with Crippen LogP contribution < -0.4 is 5.32 Å². The number of fused-ring (bicyclic) bond motifs is 1. The Morgan fingerprint density at radius 3 is 2.42 bits per heavy atom. The van der Waals surface area contributed by atoms with Gasteiger partial charge >= 0.3 is 0 Å². The Hall–Kier alpha value is -3.14. The number of benzene rings is 2. The number of anilines is 1. The lowest BCUT2D eigenvalue weighted by atomic mass is 10.1. The van der Waals surface area contributed by atoms with E-state index in [2.05, 4.69) is 22.4 Å². The largest absolute Gasteiger partial charge is 0.379 e. The summed E-state index contributed by atoms with van der Waals surface area (Å²) >= 11 is 0. The molecular formula is C22H21N3O. The van der Waals surface area contributed by atoms with Gasteiger partial charge in [-0.25, -0.2) is 0 Å². The van der Waals surface area contributed by atoms with E-state index in [1.807, 2.05) is 60.4 Å². The Morgan fingerprint density at radius 1 is 1.00 bits per heavy atom. The highest BCUT2D eigenvalue weighted by molar-refractivity contribution is 5.97. The number of pyridine rings is 1. The Morgan fingerprint density at radius 2 is 1.73 bits per heavy atom. The standard InChI is InChI=1S/C22H21N3O/c1-16-20(22(26)25-14-17-7-2-3-8-18(17)15-25)10-6-11-21(16)24-13-19-9-4-5-12-23-19/h2-12,24H,13-15H2,1H3. The second-order valence-electron chi connectivity index (χ2n) is 6.58. The van der Waals surface area contributed by atoms with Crippen LogP contribution in [0.25, 0.3) is 0 Å². The van der Waals surface area contributed by atoms with Crippen LogP contribution in [0.3, 0.4) is 0 Å². The summed E-state index contributed by atoms with van der Waals surface area (Å²) in [6, 6.07) is 20.0. The van der Waals surface area contributed by atoms with E-state index >= 15 is 0 Å². The van der Waals surface area contributed by atoms with E-state index in [9.17, 15) is 4.79 Å². The molecule has 1 aliphatic heterocycles. The fourth-order valence-electron chi connectivity index (χ4n) is 3.39. The van der Waals surface area contributed by atoms with E-state index in [1.54, 1.807) is 6.20 Å². The van der Waals surface area contributed by atoms with E-state index in [4.69, 9.17) is 0 Å². The van der Waals surface area contributed by atoms with Crippen LogP contribution in [0.1, 0.15) is 32.7 Å². The number of hydrogen-bond acceptors (Lipinski definition) is 3. The number of carbonyl (C=O) groups is 1. The van der Waals surface area contributed by atoms with Gasteiger partial charge in [-0.05, 0) is 47.9 Å². The third-order valence-corrected chi connectivity index (χ3v) is 4.88. The van der Waals surface area contributed by atoms with Gasteiger partial charge in [0.25, 0.3) is 5.91 Å². The summed E-state index contributed by atoms with van der Waals surface area (Å²) in [4.78, 5) is 19.3. The minimum atomic E-state index is 0.0835. The van der Waals surface area contributed by atoms with E-state index in [0.29, 0.717) is 19.6 Å². The third kappa shape index (κ3) is 3.18. The van der Waals surface area contributed by atoms with Crippen LogP contribution in [0.4, 0.5) is 5.69 Å². The fraction of sp³-hybridized carbons (Fsp3) is 0.182. The Bertz CT molecular complexity index is 912. The highest BCUT2D eigenvalue weighted by Gasteiger charge is 2.25. The summed E-state index contributed by atoms with van der Waals surface area (Å²) in [5.74, 6) is 0.0835. The molecule has 4 rings (SSSR count). The maximum absolute atomic E-state index is 13.0. The van der Waals surface area contributed by atoms with Crippen molar-refractivity contribution in [1.29, 1.82) is 0 Å². The predicted octanol–water partition coefficient (Wildman–Crippen LogP) is 4.16. The van der Waals surface area contributed by atoms with Crippen molar-refractivity contribution in [3.63, 3.8) is 0 Å². The molecule has 4 heteroatoms. The molecule has 3 aromatic rings. The van der Waals surface area contributed by atoms with Gasteiger partial charge in [0.2, 0.25) is 0 Å². The molecule has 0 radical (unpaired) electrons. The molecule has 0 spiro atoms. The Labute approximate surface area is 153 Å². The van der Waals surface area contributed by atoms with Crippen molar-refractivity contribution in [2.45, 2.75) is 26.6 Å². The van der Waals surface area contributed by atoms with Crippen molar-refractivity contribution < 1.29 is 4.79 Å². The molecule has 0 aliphatic carbocycles. The van der Waals surface area contributed by atoms with Crippen LogP contribution >= 0.6 is 0 Å². The maximum atomic E-state index is 13.0. The van der Waals surface area contributed by atoms with Crippen molar-refractivity contribution in [3.05, 3.63) is 94.8 Å². The number of nitrogens with zero attached hydrogens (tertiary/aromatic N) is 2. The van der Waals surface area contributed by atoms with Crippen LogP contribution in [-0.4, -0.2) is 15.8 Å². The van der Waals surface area contributed by atoms with Gasteiger partial charge in [-0.3, -0.25) is 9.78 Å². The first-order valence-corrected chi connectivity index (χ1v) is 8.82. The number of rotatable bonds is 4. The summed E-state index contributed by atoms with van der Waals surface area (Å²) < 4.78 is 0. The van der Waals surface area contributed by atoms with Gasteiger partial charge in [0, 0.05) is 30.5 Å². The minimum absolute atomic E-state index is 0.0835. The first kappa shape index (κ1) is 16.3. The Kier molecular flexibility index (Phi) is 4.40. The molecule has 2 aromatic carbocycles. The van der Waals surface area contributed by atoms with Gasteiger partial charge in [0.1, 0.15) is 0 Å². The lowest BCUT2D eigenvalue weighted by Crippen LogP contribution is -2.26. The van der Waals surface area contributed by atoms with Crippen molar-refractivity contribution in [3.8, 4) is 0 Å². The SMILES string of the molecule is Cc1c(NCc2ccccn2)cccc1C(=O)N1Cc2ccccc2C1. The average Bonchev–Trinajstić information content (AvgIpc) is 3.12. The van der Waals surface area contributed by atoms with E-state index in [1.165, 1.54) is 11.1 Å². The molecule has 0 saturated carbocycles. The highest BCUT2D eigenvalue weighted by Crippen LogP contribution is 2.27. The van der Waals surface area contributed by atoms with Gasteiger partial charge in [-0.15, -0.1) is 0 Å². The molecule has 26 heavy (non-hydrogen) atoms. The number of carbonyl (C=O) groups excluding carboxylic acids is 1. The van der Waals surface area contributed by atoms with Gasteiger partial charge < -0.3 is 10.2 Å². The van der Waals surface area contributed by atoms with E-state index in [0.717, 1.165) is 22.5 Å². The maximum Gasteiger partial charge on any atom is 0.254 e. The summed E-state index contributed by atoms with van der Waals surface area (Å²) in [6.07, 6.45) is 1.79. The zero-order valence-electron chi connectivity index (χ0n) is 14.8. The molecular weight excluding hydrogens is 322 g/mol. The number of amides is 1. The van der Waals surface area contributed by atoms with Crippen molar-refractivity contribution in [2.75, 3.05) is 5.32 Å². The first-order chi connectivity index (χ1) is 12.7. The topological polar surface area (TPSA) is 45.2 Å². The molecule has 1 amide bonds. The molecule has 4 nitrogen and oxygen atoms in total. The summed E-state index contributed by atoms with van der Waals surface area (Å²) in [5, 5.41) is 3.40.